The van der Waals surface area contributed by atoms with Crippen molar-refractivity contribution in [2.75, 3.05) is 13.1 Å². The van der Waals surface area contributed by atoms with Gasteiger partial charge >= 0.3 is 0 Å². The summed E-state index contributed by atoms with van der Waals surface area (Å²) in [5.74, 6) is 0. The van der Waals surface area contributed by atoms with Crippen molar-refractivity contribution in [3.8, 4) is 0 Å². The molecule has 0 heterocycles. The van der Waals surface area contributed by atoms with E-state index in [0.29, 0.717) is 0 Å². The normalized spacial score (nSPS) is 13.1. The van der Waals surface area contributed by atoms with Crippen LogP contribution in [0.3, 0.4) is 0 Å². The molecule has 2 nitrogen and oxygen atoms in total. The van der Waals surface area contributed by atoms with Crippen LogP contribution >= 0.6 is 0 Å². The molecule has 0 amide bonds. The van der Waals surface area contributed by atoms with E-state index in [-0.39, 0.29) is 6.10 Å². The Morgan fingerprint density at radius 3 is 2.06 bits per heavy atom. The van der Waals surface area contributed by atoms with E-state index in [0.717, 1.165) is 19.5 Å². The van der Waals surface area contributed by atoms with Gasteiger partial charge in [0.2, 0.25) is 0 Å². The van der Waals surface area contributed by atoms with Crippen LogP contribution in [0.2, 0.25) is 0 Å². The number of hydrogen-bond acceptors (Lipinski definition) is 2. The van der Waals surface area contributed by atoms with Crippen LogP contribution in [0.15, 0.2) is 24.3 Å². The van der Waals surface area contributed by atoms with Gasteiger partial charge in [0.1, 0.15) is 6.10 Å². The number of nitrogens with zero attached hydrogens (tertiary/aromatic N) is 1. The third-order valence-electron chi connectivity index (χ3n) is 2.80. The molecule has 0 fully saturated rings. The summed E-state index contributed by atoms with van der Waals surface area (Å²) in [7, 11) is 0. The van der Waals surface area contributed by atoms with Gasteiger partial charge in [-0.15, -0.1) is 0 Å². The van der Waals surface area contributed by atoms with Gasteiger partial charge in [-0.3, -0.25) is 4.84 Å². The zero-order valence-electron chi connectivity index (χ0n) is 10.9. The van der Waals surface area contributed by atoms with Crippen molar-refractivity contribution in [3.63, 3.8) is 0 Å². The Bertz CT molecular complexity index is 290. The minimum atomic E-state index is 0.181. The van der Waals surface area contributed by atoms with Crippen LogP contribution < -0.4 is 0 Å². The molecule has 1 atom stereocenters. The number of rotatable bonds is 6. The zero-order chi connectivity index (χ0) is 12.0. The smallest absolute Gasteiger partial charge is 0.104 e. The molecule has 2 heteroatoms. The summed E-state index contributed by atoms with van der Waals surface area (Å²) < 4.78 is 0. The zero-order valence-corrected chi connectivity index (χ0v) is 10.9. The molecule has 0 radical (unpaired) electrons. The van der Waals surface area contributed by atoms with Gasteiger partial charge in [0, 0.05) is 13.1 Å². The minimum absolute atomic E-state index is 0.181. The summed E-state index contributed by atoms with van der Waals surface area (Å²) in [4.78, 5) is 5.96. The summed E-state index contributed by atoms with van der Waals surface area (Å²) in [5, 5.41) is 2.01. The fourth-order valence-electron chi connectivity index (χ4n) is 1.70. The lowest BCUT2D eigenvalue weighted by Gasteiger charge is -2.25. The lowest BCUT2D eigenvalue weighted by atomic mass is 10.1. The fraction of sp³-hybridized carbons (Fsp3) is 0.571. The average Bonchev–Trinajstić information content (AvgIpc) is 2.32. The monoisotopic (exact) mass is 221 g/mol. The Balaban J connectivity index is 2.70. The summed E-state index contributed by atoms with van der Waals surface area (Å²) in [6.45, 7) is 10.4. The highest BCUT2D eigenvalue weighted by Crippen LogP contribution is 2.22. The molecule has 0 aliphatic heterocycles. The molecule has 0 saturated heterocycles. The van der Waals surface area contributed by atoms with Crippen molar-refractivity contribution in [2.24, 2.45) is 0 Å². The van der Waals surface area contributed by atoms with Crippen molar-refractivity contribution in [1.82, 2.24) is 5.06 Å². The fourth-order valence-corrected chi connectivity index (χ4v) is 1.70. The van der Waals surface area contributed by atoms with Crippen LogP contribution in [0.4, 0.5) is 0 Å². The second-order valence-electron chi connectivity index (χ2n) is 4.03. The first kappa shape index (κ1) is 13.2. The van der Waals surface area contributed by atoms with Crippen LogP contribution in [0, 0.1) is 6.92 Å². The van der Waals surface area contributed by atoms with E-state index in [1.165, 1.54) is 11.1 Å². The van der Waals surface area contributed by atoms with E-state index in [1.807, 2.05) is 5.06 Å². The SMILES string of the molecule is CCC(ON(CC)CC)c1ccc(C)cc1. The van der Waals surface area contributed by atoms with Crippen molar-refractivity contribution in [2.45, 2.75) is 40.2 Å². The number of aryl methyl sites for hydroxylation is 1. The molecule has 90 valence electrons. The maximum Gasteiger partial charge on any atom is 0.104 e. The van der Waals surface area contributed by atoms with Gasteiger partial charge < -0.3 is 0 Å². The highest BCUT2D eigenvalue weighted by molar-refractivity contribution is 5.23. The summed E-state index contributed by atoms with van der Waals surface area (Å²) >= 11 is 0. The number of hydrogen-bond donors (Lipinski definition) is 0. The van der Waals surface area contributed by atoms with Gasteiger partial charge in [-0.1, -0.05) is 50.6 Å². The Hall–Kier alpha value is -0.860. The first-order chi connectivity index (χ1) is 7.71. The van der Waals surface area contributed by atoms with Crippen LogP contribution in [-0.4, -0.2) is 18.2 Å². The molecule has 0 aromatic heterocycles. The molecule has 1 aromatic carbocycles. The van der Waals surface area contributed by atoms with E-state index in [4.69, 9.17) is 4.84 Å². The second kappa shape index (κ2) is 6.66. The Morgan fingerprint density at radius 1 is 1.06 bits per heavy atom. The first-order valence-corrected chi connectivity index (χ1v) is 6.19. The van der Waals surface area contributed by atoms with E-state index in [1.54, 1.807) is 0 Å². The minimum Gasteiger partial charge on any atom is -0.291 e. The molecule has 0 aliphatic carbocycles. The van der Waals surface area contributed by atoms with Gasteiger partial charge in [0.25, 0.3) is 0 Å². The number of hydroxylamine groups is 2. The van der Waals surface area contributed by atoms with Crippen molar-refractivity contribution in [3.05, 3.63) is 35.4 Å². The maximum absolute atomic E-state index is 5.96. The molecule has 0 bridgehead atoms. The first-order valence-electron chi connectivity index (χ1n) is 6.19. The van der Waals surface area contributed by atoms with Gasteiger partial charge in [-0.2, -0.15) is 5.06 Å². The summed E-state index contributed by atoms with van der Waals surface area (Å²) in [6.07, 6.45) is 1.18. The van der Waals surface area contributed by atoms with Crippen LogP contribution in [-0.2, 0) is 4.84 Å². The predicted octanol–water partition coefficient (Wildman–Crippen LogP) is 3.72. The Kier molecular flexibility index (Phi) is 5.50. The molecule has 16 heavy (non-hydrogen) atoms. The largest absolute Gasteiger partial charge is 0.291 e. The molecule has 1 rings (SSSR count). The third-order valence-corrected chi connectivity index (χ3v) is 2.80. The van der Waals surface area contributed by atoms with E-state index in [9.17, 15) is 0 Å². The predicted molar refractivity (Wildman–Crippen MR) is 68.2 cm³/mol. The van der Waals surface area contributed by atoms with E-state index >= 15 is 0 Å². The molecular weight excluding hydrogens is 198 g/mol. The average molecular weight is 221 g/mol. The topological polar surface area (TPSA) is 12.5 Å². The third kappa shape index (κ3) is 3.62. The molecular formula is C14H23NO. The molecule has 0 spiro atoms. The van der Waals surface area contributed by atoms with Crippen LogP contribution in [0.25, 0.3) is 0 Å². The molecule has 1 unspecified atom stereocenters. The summed E-state index contributed by atoms with van der Waals surface area (Å²) in [5.41, 5.74) is 2.56. The van der Waals surface area contributed by atoms with Gasteiger partial charge in [-0.05, 0) is 18.9 Å². The maximum atomic E-state index is 5.96. The van der Waals surface area contributed by atoms with Crippen molar-refractivity contribution in [1.29, 1.82) is 0 Å². The van der Waals surface area contributed by atoms with E-state index in [2.05, 4.69) is 52.0 Å². The molecule has 0 N–H and O–H groups in total. The molecule has 1 aromatic rings. The second-order valence-corrected chi connectivity index (χ2v) is 4.03. The van der Waals surface area contributed by atoms with E-state index < -0.39 is 0 Å². The lowest BCUT2D eigenvalue weighted by molar-refractivity contribution is -0.196. The number of benzene rings is 1. The standard InChI is InChI=1S/C14H23NO/c1-5-14(16-15(6-2)7-3)13-10-8-12(4)9-11-13/h8-11,14H,5-7H2,1-4H3. The highest BCUT2D eigenvalue weighted by Gasteiger charge is 2.12. The van der Waals surface area contributed by atoms with Gasteiger partial charge in [0.15, 0.2) is 0 Å². The van der Waals surface area contributed by atoms with Gasteiger partial charge in [0.05, 0.1) is 0 Å². The van der Waals surface area contributed by atoms with Crippen molar-refractivity contribution >= 4 is 0 Å². The molecule has 0 aliphatic rings. The Morgan fingerprint density at radius 2 is 1.62 bits per heavy atom. The van der Waals surface area contributed by atoms with Crippen LogP contribution in [0.1, 0.15) is 44.4 Å². The summed E-state index contributed by atoms with van der Waals surface area (Å²) in [6, 6.07) is 8.60. The van der Waals surface area contributed by atoms with Gasteiger partial charge in [-0.25, -0.2) is 0 Å². The quantitative estimate of drug-likeness (QED) is 0.679. The van der Waals surface area contributed by atoms with Crippen LogP contribution in [0.5, 0.6) is 0 Å². The molecule has 0 saturated carbocycles. The highest BCUT2D eigenvalue weighted by atomic mass is 16.7. The lowest BCUT2D eigenvalue weighted by Crippen LogP contribution is -2.25. The van der Waals surface area contributed by atoms with Crippen molar-refractivity contribution < 1.29 is 4.84 Å². The Labute approximate surface area is 99.2 Å².